The van der Waals surface area contributed by atoms with Gasteiger partial charge in [0.15, 0.2) is 0 Å². The van der Waals surface area contributed by atoms with Crippen molar-refractivity contribution in [2.75, 3.05) is 19.5 Å². The lowest BCUT2D eigenvalue weighted by atomic mass is 10.2. The number of hydrogen-bond acceptors (Lipinski definition) is 6. The Bertz CT molecular complexity index is 1460. The van der Waals surface area contributed by atoms with E-state index in [9.17, 15) is 14.4 Å². The van der Waals surface area contributed by atoms with Crippen molar-refractivity contribution in [3.05, 3.63) is 85.3 Å². The quantitative estimate of drug-likeness (QED) is 0.432. The second kappa shape index (κ2) is 9.51. The van der Waals surface area contributed by atoms with Gasteiger partial charge in [0.2, 0.25) is 5.91 Å². The minimum absolute atomic E-state index is 0.000891. The average molecular weight is 486 g/mol. The van der Waals surface area contributed by atoms with Crippen LogP contribution in [0.25, 0.3) is 10.2 Å². The van der Waals surface area contributed by atoms with Crippen molar-refractivity contribution < 1.29 is 14.3 Å². The number of hydrogen-bond donors (Lipinski definition) is 1. The van der Waals surface area contributed by atoms with Crippen LogP contribution in [0.5, 0.6) is 11.5 Å². The average Bonchev–Trinajstić information content (AvgIpc) is 3.31. The summed E-state index contributed by atoms with van der Waals surface area (Å²) in [6.45, 7) is -0.289. The van der Waals surface area contributed by atoms with E-state index >= 15 is 0 Å². The molecule has 2 heterocycles. The molecule has 0 saturated heterocycles. The Morgan fingerprint density at radius 3 is 2.58 bits per heavy atom. The largest absolute Gasteiger partial charge is 0.497 e. The van der Waals surface area contributed by atoms with E-state index in [1.165, 1.54) is 30.1 Å². The van der Waals surface area contributed by atoms with Gasteiger partial charge in [0.25, 0.3) is 5.56 Å². The van der Waals surface area contributed by atoms with Gasteiger partial charge in [-0.15, -0.1) is 11.3 Å². The van der Waals surface area contributed by atoms with Crippen molar-refractivity contribution in [2.45, 2.75) is 13.1 Å². The summed E-state index contributed by atoms with van der Waals surface area (Å²) in [5.41, 5.74) is 0.457. The summed E-state index contributed by atoms with van der Waals surface area (Å²) in [5, 5.41) is 4.92. The highest BCUT2D eigenvalue weighted by Gasteiger charge is 2.18. The third kappa shape index (κ3) is 4.50. The predicted molar refractivity (Wildman–Crippen MR) is 129 cm³/mol. The first kappa shape index (κ1) is 22.6. The van der Waals surface area contributed by atoms with E-state index in [2.05, 4.69) is 5.32 Å². The fraction of sp³-hybridized carbons (Fsp3) is 0.174. The number of rotatable bonds is 7. The van der Waals surface area contributed by atoms with Crippen LogP contribution >= 0.6 is 22.9 Å². The number of amides is 1. The molecule has 0 radical (unpaired) electrons. The Kier molecular flexibility index (Phi) is 6.52. The van der Waals surface area contributed by atoms with Crippen molar-refractivity contribution in [3.63, 3.8) is 0 Å². The maximum absolute atomic E-state index is 13.3. The van der Waals surface area contributed by atoms with Crippen LogP contribution in [0.2, 0.25) is 5.02 Å². The first-order valence-electron chi connectivity index (χ1n) is 9.89. The summed E-state index contributed by atoms with van der Waals surface area (Å²) in [6.07, 6.45) is 0. The predicted octanol–water partition coefficient (Wildman–Crippen LogP) is 3.58. The van der Waals surface area contributed by atoms with E-state index in [0.29, 0.717) is 38.0 Å². The summed E-state index contributed by atoms with van der Waals surface area (Å²) in [4.78, 5) is 39.1. The third-order valence-corrected chi connectivity index (χ3v) is 6.37. The van der Waals surface area contributed by atoms with Gasteiger partial charge in [-0.2, -0.15) is 0 Å². The molecule has 2 aromatic heterocycles. The number of nitrogens with zero attached hydrogens (tertiary/aromatic N) is 2. The zero-order chi connectivity index (χ0) is 23.5. The number of nitrogens with one attached hydrogen (secondary N) is 1. The smallest absolute Gasteiger partial charge is 0.332 e. The molecular weight excluding hydrogens is 466 g/mol. The highest BCUT2D eigenvalue weighted by molar-refractivity contribution is 7.17. The summed E-state index contributed by atoms with van der Waals surface area (Å²) in [5.74, 6) is 0.545. The molecule has 2 aromatic carbocycles. The maximum Gasteiger partial charge on any atom is 0.332 e. The molecule has 0 bridgehead atoms. The Morgan fingerprint density at radius 1 is 1.06 bits per heavy atom. The SMILES string of the molecule is COc1ccc(NC(=O)Cn2c(=O)n(Cc3ccccc3Cl)c(=O)c3sccc32)c(OC)c1. The molecule has 10 heteroatoms. The van der Waals surface area contributed by atoms with Gasteiger partial charge in [-0.05, 0) is 35.2 Å². The molecule has 0 spiro atoms. The van der Waals surface area contributed by atoms with Crippen molar-refractivity contribution in [3.8, 4) is 11.5 Å². The normalized spacial score (nSPS) is 10.9. The molecule has 1 N–H and O–H groups in total. The topological polar surface area (TPSA) is 91.6 Å². The molecule has 4 aromatic rings. The van der Waals surface area contributed by atoms with Crippen LogP contribution < -0.4 is 26.0 Å². The van der Waals surface area contributed by atoms with Crippen LogP contribution in [0.15, 0.2) is 63.5 Å². The summed E-state index contributed by atoms with van der Waals surface area (Å²) < 4.78 is 13.3. The van der Waals surface area contributed by atoms with Gasteiger partial charge in [-0.3, -0.25) is 18.7 Å². The van der Waals surface area contributed by atoms with Crippen molar-refractivity contribution in [2.24, 2.45) is 0 Å². The van der Waals surface area contributed by atoms with Crippen molar-refractivity contribution in [1.29, 1.82) is 0 Å². The van der Waals surface area contributed by atoms with Gasteiger partial charge in [0.05, 0.1) is 32.0 Å². The molecule has 0 fully saturated rings. The van der Waals surface area contributed by atoms with Gasteiger partial charge in [-0.25, -0.2) is 4.79 Å². The van der Waals surface area contributed by atoms with E-state index in [1.807, 2.05) is 0 Å². The van der Waals surface area contributed by atoms with Crippen LogP contribution in [0.1, 0.15) is 5.56 Å². The number of ether oxygens (including phenoxy) is 2. The lowest BCUT2D eigenvalue weighted by Gasteiger charge is -2.14. The van der Waals surface area contributed by atoms with Crippen LogP contribution in [-0.4, -0.2) is 29.3 Å². The number of benzene rings is 2. The molecule has 33 heavy (non-hydrogen) atoms. The number of halogens is 1. The van der Waals surface area contributed by atoms with Crippen LogP contribution in [0.3, 0.4) is 0 Å². The highest BCUT2D eigenvalue weighted by atomic mass is 35.5. The zero-order valence-corrected chi connectivity index (χ0v) is 19.4. The Balaban J connectivity index is 1.70. The first-order chi connectivity index (χ1) is 15.9. The minimum Gasteiger partial charge on any atom is -0.497 e. The van der Waals surface area contributed by atoms with Gasteiger partial charge < -0.3 is 14.8 Å². The lowest BCUT2D eigenvalue weighted by Crippen LogP contribution is -2.41. The number of fused-ring (bicyclic) bond motifs is 1. The van der Waals surface area contributed by atoms with E-state index in [4.69, 9.17) is 21.1 Å². The molecule has 8 nitrogen and oxygen atoms in total. The fourth-order valence-corrected chi connectivity index (χ4v) is 4.50. The van der Waals surface area contributed by atoms with Crippen LogP contribution in [0, 0.1) is 0 Å². The molecular formula is C23H20ClN3O5S. The Morgan fingerprint density at radius 2 is 1.85 bits per heavy atom. The molecule has 170 valence electrons. The monoisotopic (exact) mass is 485 g/mol. The number of carbonyl (C=O) groups excluding carboxylic acids is 1. The molecule has 0 aliphatic heterocycles. The minimum atomic E-state index is -0.595. The summed E-state index contributed by atoms with van der Waals surface area (Å²) in [6, 6.07) is 13.6. The summed E-state index contributed by atoms with van der Waals surface area (Å²) in [7, 11) is 3.01. The van der Waals surface area contributed by atoms with Crippen molar-refractivity contribution >= 4 is 44.7 Å². The van der Waals surface area contributed by atoms with Gasteiger partial charge in [0, 0.05) is 11.1 Å². The Hall–Kier alpha value is -3.56. The molecule has 0 unspecified atom stereocenters. The molecule has 1 amide bonds. The first-order valence-corrected chi connectivity index (χ1v) is 11.1. The van der Waals surface area contributed by atoms with E-state index < -0.39 is 17.2 Å². The van der Waals surface area contributed by atoms with Gasteiger partial charge >= 0.3 is 5.69 Å². The van der Waals surface area contributed by atoms with E-state index in [1.54, 1.807) is 53.9 Å². The Labute approximate surface area is 197 Å². The van der Waals surface area contributed by atoms with Crippen LogP contribution in [0.4, 0.5) is 5.69 Å². The molecule has 0 aliphatic carbocycles. The second-order valence-corrected chi connectivity index (χ2v) is 8.42. The fourth-order valence-electron chi connectivity index (χ4n) is 3.46. The number of thiophene rings is 1. The van der Waals surface area contributed by atoms with Gasteiger partial charge in [-0.1, -0.05) is 29.8 Å². The zero-order valence-electron chi connectivity index (χ0n) is 17.8. The third-order valence-electron chi connectivity index (χ3n) is 5.11. The van der Waals surface area contributed by atoms with E-state index in [0.717, 1.165) is 4.57 Å². The molecule has 0 aliphatic rings. The van der Waals surface area contributed by atoms with E-state index in [-0.39, 0.29) is 13.1 Å². The molecule has 0 atom stereocenters. The maximum atomic E-state index is 13.3. The number of methoxy groups -OCH3 is 2. The van der Waals surface area contributed by atoms with Gasteiger partial charge in [0.1, 0.15) is 22.7 Å². The summed E-state index contributed by atoms with van der Waals surface area (Å²) >= 11 is 7.45. The number of anilines is 1. The standard InChI is InChI=1S/C23H20ClN3O5S/c1-31-15-7-8-17(19(11-15)32-2)25-20(28)13-26-18-9-10-33-21(18)22(29)27(23(26)30)12-14-5-3-4-6-16(14)24/h3-11H,12-13H2,1-2H3,(H,25,28). The molecule has 0 saturated carbocycles. The van der Waals surface area contributed by atoms with Crippen molar-refractivity contribution in [1.82, 2.24) is 9.13 Å². The highest BCUT2D eigenvalue weighted by Crippen LogP contribution is 2.29. The lowest BCUT2D eigenvalue weighted by molar-refractivity contribution is -0.116. The second-order valence-electron chi connectivity index (χ2n) is 7.10. The number of carbonyl (C=O) groups is 1. The number of aromatic nitrogens is 2. The molecule has 4 rings (SSSR count). The van der Waals surface area contributed by atoms with Crippen LogP contribution in [-0.2, 0) is 17.9 Å².